The van der Waals surface area contributed by atoms with E-state index >= 15 is 0 Å². The van der Waals surface area contributed by atoms with Crippen LogP contribution in [0.5, 0.6) is 0 Å². The maximum atomic E-state index is 12.6. The summed E-state index contributed by atoms with van der Waals surface area (Å²) in [6.07, 6.45) is 0. The molecule has 0 atom stereocenters. The molecule has 0 fully saturated rings. The topological polar surface area (TPSA) is 50.5 Å². The molecule has 0 aliphatic rings. The number of fused-ring (bicyclic) bond motifs is 2. The van der Waals surface area contributed by atoms with E-state index < -0.39 is 5.63 Å². The molecule has 0 aliphatic carbocycles. The van der Waals surface area contributed by atoms with E-state index in [1.807, 2.05) is 42.5 Å². The molecule has 156 valence electrons. The normalized spacial score (nSPS) is 11.0. The number of hydrogen-bond donors (Lipinski definition) is 0. The maximum absolute atomic E-state index is 12.6. The van der Waals surface area contributed by atoms with Crippen molar-refractivity contribution in [3.05, 3.63) is 119 Å². The molecule has 4 aromatic carbocycles. The van der Waals surface area contributed by atoms with Crippen LogP contribution in [0.4, 0.5) is 11.4 Å². The highest BCUT2D eigenvalue weighted by atomic mass is 16.4. The predicted octanol–water partition coefficient (Wildman–Crippen LogP) is 6.49. The summed E-state index contributed by atoms with van der Waals surface area (Å²) in [4.78, 5) is 26.6. The number of rotatable bonds is 5. The van der Waals surface area contributed by atoms with E-state index in [0.717, 1.165) is 33.1 Å². The van der Waals surface area contributed by atoms with Crippen LogP contribution in [0.1, 0.15) is 22.8 Å². The van der Waals surface area contributed by atoms with Gasteiger partial charge in [-0.15, -0.1) is 0 Å². The second-order valence-corrected chi connectivity index (χ2v) is 7.79. The number of Topliss-reactive ketones (excluding diaryl/α,β-unsaturated/α-hetero) is 1. The van der Waals surface area contributed by atoms with E-state index in [4.69, 9.17) is 4.42 Å². The van der Waals surface area contributed by atoms with Gasteiger partial charge in [0.1, 0.15) is 5.58 Å². The van der Waals surface area contributed by atoms with Crippen molar-refractivity contribution in [2.45, 2.75) is 13.5 Å². The first-order chi connectivity index (χ1) is 15.6. The number of ketones is 1. The second-order valence-electron chi connectivity index (χ2n) is 7.79. The molecule has 0 amide bonds. The van der Waals surface area contributed by atoms with Crippen LogP contribution < -0.4 is 10.5 Å². The lowest BCUT2D eigenvalue weighted by molar-refractivity contribution is 0.101. The molecule has 0 unspecified atom stereocenters. The van der Waals surface area contributed by atoms with Crippen LogP contribution in [0.15, 0.2) is 106 Å². The quantitative estimate of drug-likeness (QED) is 0.241. The van der Waals surface area contributed by atoms with E-state index in [9.17, 15) is 9.59 Å². The van der Waals surface area contributed by atoms with Crippen molar-refractivity contribution in [3.63, 3.8) is 0 Å². The van der Waals surface area contributed by atoms with E-state index in [1.54, 1.807) is 12.1 Å². The van der Waals surface area contributed by atoms with Gasteiger partial charge in [-0.25, -0.2) is 4.79 Å². The zero-order valence-corrected chi connectivity index (χ0v) is 17.6. The van der Waals surface area contributed by atoms with Gasteiger partial charge < -0.3 is 9.32 Å². The van der Waals surface area contributed by atoms with Gasteiger partial charge in [-0.1, -0.05) is 72.8 Å². The van der Waals surface area contributed by atoms with Crippen molar-refractivity contribution >= 4 is 38.9 Å². The Morgan fingerprint density at radius 2 is 1.53 bits per heavy atom. The molecule has 1 aromatic heterocycles. The summed E-state index contributed by atoms with van der Waals surface area (Å²) in [7, 11) is 0. The van der Waals surface area contributed by atoms with Crippen molar-refractivity contribution in [2.24, 2.45) is 0 Å². The molecular formula is C28H21NO3. The zero-order valence-electron chi connectivity index (χ0n) is 17.6. The Morgan fingerprint density at radius 3 is 2.34 bits per heavy atom. The smallest absolute Gasteiger partial charge is 0.338 e. The molecule has 0 radical (unpaired) electrons. The first-order valence-electron chi connectivity index (χ1n) is 10.5. The molecule has 0 spiro atoms. The largest absolute Gasteiger partial charge is 0.423 e. The Labute approximate surface area is 185 Å². The number of hydrogen-bond acceptors (Lipinski definition) is 4. The highest BCUT2D eigenvalue weighted by Crippen LogP contribution is 2.37. The number of carbonyl (C=O) groups is 1. The average Bonchev–Trinajstić information content (AvgIpc) is 2.82. The van der Waals surface area contributed by atoms with Crippen molar-refractivity contribution in [1.29, 1.82) is 0 Å². The van der Waals surface area contributed by atoms with Gasteiger partial charge in [-0.05, 0) is 36.1 Å². The first-order valence-corrected chi connectivity index (χ1v) is 10.5. The fourth-order valence-corrected chi connectivity index (χ4v) is 4.10. The Hall–Kier alpha value is -4.18. The van der Waals surface area contributed by atoms with Gasteiger partial charge >= 0.3 is 5.63 Å². The summed E-state index contributed by atoms with van der Waals surface area (Å²) < 4.78 is 5.48. The lowest BCUT2D eigenvalue weighted by Gasteiger charge is -2.27. The molecule has 4 nitrogen and oxygen atoms in total. The molecule has 0 saturated heterocycles. The van der Waals surface area contributed by atoms with Crippen LogP contribution in [0.2, 0.25) is 0 Å². The molecular weight excluding hydrogens is 398 g/mol. The van der Waals surface area contributed by atoms with Gasteiger partial charge in [0.15, 0.2) is 5.78 Å². The van der Waals surface area contributed by atoms with E-state index in [-0.39, 0.29) is 5.78 Å². The third-order valence-corrected chi connectivity index (χ3v) is 5.66. The minimum absolute atomic E-state index is 0.0739. The average molecular weight is 419 g/mol. The van der Waals surface area contributed by atoms with Gasteiger partial charge in [-0.2, -0.15) is 0 Å². The van der Waals surface area contributed by atoms with Crippen LogP contribution in [-0.4, -0.2) is 5.78 Å². The van der Waals surface area contributed by atoms with Gasteiger partial charge in [0, 0.05) is 34.6 Å². The minimum atomic E-state index is -0.452. The van der Waals surface area contributed by atoms with Gasteiger partial charge in [0.05, 0.1) is 5.69 Å². The highest BCUT2D eigenvalue weighted by molar-refractivity contribution is 6.02. The first kappa shape index (κ1) is 19.8. The standard InChI is InChI=1S/C28H21NO3/c1-19(30)22-14-15-24-26(17-28(31)32-27(24)16-22)29(18-20-8-3-2-4-9-20)25-13-7-11-21-10-5-6-12-23(21)25/h2-17H,18H2,1H3. The van der Waals surface area contributed by atoms with Crippen LogP contribution in [0, 0.1) is 0 Å². The molecule has 0 bridgehead atoms. The van der Waals surface area contributed by atoms with E-state index in [1.165, 1.54) is 13.0 Å². The van der Waals surface area contributed by atoms with Crippen molar-refractivity contribution < 1.29 is 9.21 Å². The van der Waals surface area contributed by atoms with E-state index in [0.29, 0.717) is 17.7 Å². The predicted molar refractivity (Wildman–Crippen MR) is 129 cm³/mol. The summed E-state index contributed by atoms with van der Waals surface area (Å²) in [5.41, 5.74) is 3.31. The van der Waals surface area contributed by atoms with Gasteiger partial charge in [0.25, 0.3) is 0 Å². The lowest BCUT2D eigenvalue weighted by Crippen LogP contribution is -2.19. The van der Waals surface area contributed by atoms with Crippen LogP contribution >= 0.6 is 0 Å². The monoisotopic (exact) mass is 419 g/mol. The number of benzene rings is 4. The summed E-state index contributed by atoms with van der Waals surface area (Å²) in [5.74, 6) is -0.0739. The van der Waals surface area contributed by atoms with Gasteiger partial charge in [0.2, 0.25) is 0 Å². The van der Waals surface area contributed by atoms with Crippen LogP contribution in [0.25, 0.3) is 21.7 Å². The molecule has 5 rings (SSSR count). The van der Waals surface area contributed by atoms with Crippen molar-refractivity contribution in [2.75, 3.05) is 4.90 Å². The molecule has 0 aliphatic heterocycles. The summed E-state index contributed by atoms with van der Waals surface area (Å²) in [6.45, 7) is 2.07. The Bertz CT molecular complexity index is 1500. The minimum Gasteiger partial charge on any atom is -0.423 e. The molecule has 32 heavy (non-hydrogen) atoms. The summed E-state index contributed by atoms with van der Waals surface area (Å²) in [6, 6.07) is 31.3. The van der Waals surface area contributed by atoms with E-state index in [2.05, 4.69) is 41.3 Å². The van der Waals surface area contributed by atoms with Crippen molar-refractivity contribution in [1.82, 2.24) is 0 Å². The second kappa shape index (κ2) is 8.16. The maximum Gasteiger partial charge on any atom is 0.338 e. The van der Waals surface area contributed by atoms with Crippen LogP contribution in [-0.2, 0) is 6.54 Å². The zero-order chi connectivity index (χ0) is 22.1. The molecule has 5 aromatic rings. The number of carbonyl (C=O) groups excluding carboxylic acids is 1. The Balaban J connectivity index is 1.78. The Morgan fingerprint density at radius 1 is 0.781 bits per heavy atom. The summed E-state index contributed by atoms with van der Waals surface area (Å²) >= 11 is 0. The lowest BCUT2D eigenvalue weighted by atomic mass is 10.0. The van der Waals surface area contributed by atoms with Crippen LogP contribution in [0.3, 0.4) is 0 Å². The van der Waals surface area contributed by atoms with Crippen molar-refractivity contribution in [3.8, 4) is 0 Å². The fraction of sp³-hybridized carbons (Fsp3) is 0.0714. The highest BCUT2D eigenvalue weighted by Gasteiger charge is 2.18. The third-order valence-electron chi connectivity index (χ3n) is 5.66. The number of nitrogens with zero attached hydrogens (tertiary/aromatic N) is 1. The SMILES string of the molecule is CC(=O)c1ccc2c(N(Cc3ccccc3)c3cccc4ccccc34)cc(=O)oc2c1. The Kier molecular flexibility index (Phi) is 5.04. The summed E-state index contributed by atoms with van der Waals surface area (Å²) in [5, 5.41) is 2.99. The molecule has 1 heterocycles. The molecule has 0 saturated carbocycles. The molecule has 0 N–H and O–H groups in total. The number of anilines is 2. The molecule has 4 heteroatoms. The van der Waals surface area contributed by atoms with Gasteiger partial charge in [-0.3, -0.25) is 4.79 Å². The fourth-order valence-electron chi connectivity index (χ4n) is 4.10. The third kappa shape index (κ3) is 3.67.